The number of carbonyl (C=O) groups is 2. The molecule has 0 aromatic heterocycles. The minimum Gasteiger partial charge on any atom is -0.495 e. The number of ether oxygens (including phenoxy) is 1. The third-order valence-corrected chi connectivity index (χ3v) is 12.1. The van der Waals surface area contributed by atoms with Gasteiger partial charge in [0.05, 0.1) is 31.1 Å². The minimum atomic E-state index is -0.437. The van der Waals surface area contributed by atoms with Crippen LogP contribution in [0.15, 0.2) is 18.2 Å². The van der Waals surface area contributed by atoms with Crippen LogP contribution in [0.5, 0.6) is 5.75 Å². The molecule has 0 heterocycles. The number of hydrogen-bond acceptors (Lipinski definition) is 6. The van der Waals surface area contributed by atoms with E-state index in [2.05, 4.69) is 31.4 Å². The number of amides is 2. The van der Waals surface area contributed by atoms with Gasteiger partial charge in [-0.1, -0.05) is 20.8 Å². The molecule has 0 bridgehead atoms. The van der Waals surface area contributed by atoms with Crippen molar-refractivity contribution in [3.05, 3.63) is 18.2 Å². The van der Waals surface area contributed by atoms with Gasteiger partial charge in [0.1, 0.15) is 5.75 Å². The van der Waals surface area contributed by atoms with E-state index in [0.29, 0.717) is 42.3 Å². The normalized spacial score (nSPS) is 40.5. The molecule has 0 spiro atoms. The highest BCUT2D eigenvalue weighted by Gasteiger charge is 2.65. The third kappa shape index (κ3) is 5.40. The molecule has 4 aliphatic rings. The number of carbonyl (C=O) groups excluding carboxylic acids is 2. The molecular formula is C33H50N2O6. The average Bonchev–Trinajstić information content (AvgIpc) is 3.27. The Labute approximate surface area is 244 Å². The lowest BCUT2D eigenvalue weighted by Gasteiger charge is -2.63. The van der Waals surface area contributed by atoms with Crippen LogP contribution in [0, 0.1) is 46.3 Å². The van der Waals surface area contributed by atoms with Crippen molar-refractivity contribution in [2.45, 2.75) is 104 Å². The topological polar surface area (TPSA) is 128 Å². The summed E-state index contributed by atoms with van der Waals surface area (Å²) in [5.74, 6) is 1.78. The molecule has 11 unspecified atom stereocenters. The third-order valence-electron chi connectivity index (χ3n) is 12.1. The second kappa shape index (κ2) is 11.5. The molecule has 0 radical (unpaired) electrons. The molecule has 0 aliphatic heterocycles. The van der Waals surface area contributed by atoms with Crippen molar-refractivity contribution in [1.29, 1.82) is 0 Å². The fourth-order valence-corrected chi connectivity index (χ4v) is 9.99. The number of hydrogen-bond donors (Lipinski definition) is 5. The molecule has 8 nitrogen and oxygen atoms in total. The first-order chi connectivity index (χ1) is 19.4. The maximum absolute atomic E-state index is 13.0. The minimum absolute atomic E-state index is 0.0610. The maximum atomic E-state index is 13.0. The Balaban J connectivity index is 1.26. The van der Waals surface area contributed by atoms with Crippen molar-refractivity contribution in [2.24, 2.45) is 46.3 Å². The summed E-state index contributed by atoms with van der Waals surface area (Å²) in [7, 11) is 1.55. The van der Waals surface area contributed by atoms with Crippen LogP contribution in [-0.4, -0.2) is 52.6 Å². The van der Waals surface area contributed by atoms with Gasteiger partial charge in [0, 0.05) is 19.0 Å². The second-order valence-corrected chi connectivity index (χ2v) is 14.2. The highest BCUT2D eigenvalue weighted by atomic mass is 16.5. The molecule has 0 saturated heterocycles. The summed E-state index contributed by atoms with van der Waals surface area (Å²) in [5, 5.41) is 39.3. The Hall–Kier alpha value is -2.16. The quantitative estimate of drug-likeness (QED) is 0.315. The van der Waals surface area contributed by atoms with E-state index in [0.717, 1.165) is 38.5 Å². The smallest absolute Gasteiger partial charge is 0.224 e. The predicted octanol–water partition coefficient (Wildman–Crippen LogP) is 4.97. The molecule has 4 saturated carbocycles. The fourth-order valence-electron chi connectivity index (χ4n) is 9.99. The zero-order valence-electron chi connectivity index (χ0n) is 25.4. The summed E-state index contributed by atoms with van der Waals surface area (Å²) in [5.41, 5.74) is 0.883. The van der Waals surface area contributed by atoms with Crippen LogP contribution >= 0.6 is 0 Å². The van der Waals surface area contributed by atoms with Crippen LogP contribution in [-0.2, 0) is 9.59 Å². The lowest BCUT2D eigenvalue weighted by molar-refractivity contribution is -0.207. The summed E-state index contributed by atoms with van der Waals surface area (Å²) < 4.78 is 5.41. The summed E-state index contributed by atoms with van der Waals surface area (Å²) in [6, 6.07) is 5.15. The number of methoxy groups -OCH3 is 1. The largest absolute Gasteiger partial charge is 0.495 e. The Morgan fingerprint density at radius 1 is 1.05 bits per heavy atom. The molecule has 1 aromatic carbocycles. The molecule has 2 amide bonds. The first-order valence-electron chi connectivity index (χ1n) is 15.7. The van der Waals surface area contributed by atoms with Crippen LogP contribution in [0.2, 0.25) is 0 Å². The number of aliphatic hydroxyl groups excluding tert-OH is 3. The molecule has 4 fully saturated rings. The predicted molar refractivity (Wildman–Crippen MR) is 158 cm³/mol. The Morgan fingerprint density at radius 3 is 2.51 bits per heavy atom. The van der Waals surface area contributed by atoms with Crippen molar-refractivity contribution in [2.75, 3.05) is 17.7 Å². The van der Waals surface area contributed by atoms with Crippen LogP contribution in [0.1, 0.15) is 85.5 Å². The lowest BCUT2D eigenvalue weighted by atomic mass is 9.43. The molecule has 4 aliphatic carbocycles. The zero-order chi connectivity index (χ0) is 29.7. The standard InChI is InChI=1S/C33H50N2O6/c1-18(6-11-30(40)35-26-16-21(34-19(2)36)7-10-28(26)41-5)23-8-9-24-31-25(17-29(39)33(23,24)4)32(3)13-12-22(37)14-20(32)15-27(31)38/h7,10,16,18,20,22-25,27,29,31,37-39H,6,8-9,11-15,17H2,1-5H3,(H,34,36)(H,35,40). The van der Waals surface area contributed by atoms with Gasteiger partial charge in [-0.15, -0.1) is 0 Å². The Kier molecular flexibility index (Phi) is 8.50. The fraction of sp³-hybridized carbons (Fsp3) is 0.758. The van der Waals surface area contributed by atoms with Crippen molar-refractivity contribution in [3.8, 4) is 5.75 Å². The number of aliphatic hydroxyl groups is 3. The highest BCUT2D eigenvalue weighted by Crippen LogP contribution is 2.68. The van der Waals surface area contributed by atoms with E-state index in [1.807, 2.05) is 0 Å². The summed E-state index contributed by atoms with van der Waals surface area (Å²) >= 11 is 0. The Morgan fingerprint density at radius 2 is 1.80 bits per heavy atom. The first kappa shape index (κ1) is 30.3. The van der Waals surface area contributed by atoms with E-state index in [1.54, 1.807) is 25.3 Å². The van der Waals surface area contributed by atoms with Gasteiger partial charge >= 0.3 is 0 Å². The molecule has 11 atom stereocenters. The highest BCUT2D eigenvalue weighted by molar-refractivity contribution is 5.94. The van der Waals surface area contributed by atoms with Crippen LogP contribution in [0.25, 0.3) is 0 Å². The maximum Gasteiger partial charge on any atom is 0.224 e. The van der Waals surface area contributed by atoms with E-state index in [4.69, 9.17) is 4.74 Å². The monoisotopic (exact) mass is 570 g/mol. The lowest BCUT2D eigenvalue weighted by Crippen LogP contribution is -2.62. The van der Waals surface area contributed by atoms with Gasteiger partial charge in [0.15, 0.2) is 0 Å². The van der Waals surface area contributed by atoms with Crippen LogP contribution < -0.4 is 15.4 Å². The number of nitrogens with one attached hydrogen (secondary N) is 2. The summed E-state index contributed by atoms with van der Waals surface area (Å²) in [4.78, 5) is 24.5. The van der Waals surface area contributed by atoms with Gasteiger partial charge in [0.25, 0.3) is 0 Å². The van der Waals surface area contributed by atoms with Crippen molar-refractivity contribution < 1.29 is 29.6 Å². The zero-order valence-corrected chi connectivity index (χ0v) is 25.4. The van der Waals surface area contributed by atoms with Crippen LogP contribution in [0.4, 0.5) is 11.4 Å². The molecule has 1 aromatic rings. The van der Waals surface area contributed by atoms with E-state index in [-0.39, 0.29) is 64.4 Å². The molecular weight excluding hydrogens is 520 g/mol. The average molecular weight is 571 g/mol. The van der Waals surface area contributed by atoms with Gasteiger partial charge in [-0.25, -0.2) is 0 Å². The first-order valence-corrected chi connectivity index (χ1v) is 15.7. The van der Waals surface area contributed by atoms with Gasteiger partial charge in [-0.2, -0.15) is 0 Å². The summed E-state index contributed by atoms with van der Waals surface area (Å²) in [6.07, 6.45) is 5.98. The SMILES string of the molecule is COc1ccc(NC(C)=O)cc1NC(=O)CCC(C)C1CCC2C3C(O)CC4CC(O)CCC4(C)C3CC(O)C12C. The number of anilines is 2. The van der Waals surface area contributed by atoms with E-state index >= 15 is 0 Å². The van der Waals surface area contributed by atoms with Gasteiger partial charge in [0.2, 0.25) is 11.8 Å². The summed E-state index contributed by atoms with van der Waals surface area (Å²) in [6.45, 7) is 8.25. The van der Waals surface area contributed by atoms with E-state index < -0.39 is 6.10 Å². The van der Waals surface area contributed by atoms with Gasteiger partial charge < -0.3 is 30.7 Å². The second-order valence-electron chi connectivity index (χ2n) is 14.2. The van der Waals surface area contributed by atoms with Crippen molar-refractivity contribution in [1.82, 2.24) is 0 Å². The molecule has 8 heteroatoms. The van der Waals surface area contributed by atoms with Crippen molar-refractivity contribution >= 4 is 23.2 Å². The van der Waals surface area contributed by atoms with Crippen LogP contribution in [0.3, 0.4) is 0 Å². The number of fused-ring (bicyclic) bond motifs is 5. The molecule has 5 rings (SSSR count). The van der Waals surface area contributed by atoms with E-state index in [1.165, 1.54) is 6.92 Å². The van der Waals surface area contributed by atoms with Gasteiger partial charge in [-0.05, 0) is 116 Å². The van der Waals surface area contributed by atoms with E-state index in [9.17, 15) is 24.9 Å². The molecule has 228 valence electrons. The van der Waals surface area contributed by atoms with Crippen molar-refractivity contribution in [3.63, 3.8) is 0 Å². The number of benzene rings is 1. The molecule has 5 N–H and O–H groups in total. The van der Waals surface area contributed by atoms with Gasteiger partial charge in [-0.3, -0.25) is 9.59 Å². The molecule has 41 heavy (non-hydrogen) atoms. The Bertz CT molecular complexity index is 1140. The number of rotatable bonds is 7.